The topological polar surface area (TPSA) is 65.4 Å². The van der Waals surface area contributed by atoms with Crippen LogP contribution in [-0.2, 0) is 4.79 Å². The van der Waals surface area contributed by atoms with Crippen LogP contribution in [-0.4, -0.2) is 29.2 Å². The van der Waals surface area contributed by atoms with E-state index in [4.69, 9.17) is 9.47 Å². The molecule has 1 aromatic heterocycles. The van der Waals surface area contributed by atoms with Crippen LogP contribution in [0, 0.1) is 0 Å². The van der Waals surface area contributed by atoms with Gasteiger partial charge in [-0.1, -0.05) is 6.07 Å². The first-order valence-corrected chi connectivity index (χ1v) is 7.65. The monoisotopic (exact) mass is 317 g/mol. The fraction of sp³-hybridized carbons (Fsp3) is 0.412. The highest BCUT2D eigenvalue weighted by Gasteiger charge is 2.18. The van der Waals surface area contributed by atoms with Crippen LogP contribution in [0.15, 0.2) is 36.9 Å². The molecule has 1 amide bonds. The van der Waals surface area contributed by atoms with E-state index in [-0.39, 0.29) is 18.0 Å². The van der Waals surface area contributed by atoms with Crippen molar-refractivity contribution < 1.29 is 14.3 Å². The summed E-state index contributed by atoms with van der Waals surface area (Å²) in [6.07, 6.45) is 5.06. The Bertz CT molecular complexity index is 641. The average Bonchev–Trinajstić information content (AvgIpc) is 3.09. The summed E-state index contributed by atoms with van der Waals surface area (Å²) in [5.74, 6) is 1.29. The number of hydrogen-bond donors (Lipinski definition) is 1. The Kier molecular flexibility index (Phi) is 5.62. The summed E-state index contributed by atoms with van der Waals surface area (Å²) in [5.41, 5.74) is 0.955. The van der Waals surface area contributed by atoms with Crippen molar-refractivity contribution in [2.24, 2.45) is 0 Å². The van der Waals surface area contributed by atoms with Crippen LogP contribution in [0.3, 0.4) is 0 Å². The van der Waals surface area contributed by atoms with E-state index in [9.17, 15) is 4.79 Å². The molecule has 0 aliphatic rings. The Labute approximate surface area is 136 Å². The second kappa shape index (κ2) is 7.67. The number of amides is 1. The molecule has 0 unspecified atom stereocenters. The molecule has 23 heavy (non-hydrogen) atoms. The zero-order valence-corrected chi connectivity index (χ0v) is 13.9. The van der Waals surface area contributed by atoms with Crippen molar-refractivity contribution in [2.75, 3.05) is 13.7 Å². The van der Waals surface area contributed by atoms with Gasteiger partial charge in [0.15, 0.2) is 11.5 Å². The highest BCUT2D eigenvalue weighted by atomic mass is 16.5. The Balaban J connectivity index is 2.08. The Hall–Kier alpha value is -2.50. The van der Waals surface area contributed by atoms with Crippen molar-refractivity contribution in [3.05, 3.63) is 42.5 Å². The van der Waals surface area contributed by atoms with Crippen LogP contribution < -0.4 is 14.8 Å². The molecule has 2 atom stereocenters. The molecule has 1 N–H and O–H groups in total. The fourth-order valence-electron chi connectivity index (χ4n) is 2.28. The maximum absolute atomic E-state index is 12.3. The van der Waals surface area contributed by atoms with E-state index < -0.39 is 0 Å². The first-order valence-electron chi connectivity index (χ1n) is 7.65. The lowest BCUT2D eigenvalue weighted by atomic mass is 10.1. The standard InChI is InChI=1S/C17H23N3O3/c1-5-23-15-7-6-14(10-16(15)22-4)12(2)19-17(21)13(3)20-9-8-18-11-20/h6-13H,5H2,1-4H3,(H,19,21)/t12-,13+/m1/s1. The molecule has 6 heteroatoms. The largest absolute Gasteiger partial charge is 0.493 e. The molecule has 0 spiro atoms. The van der Waals surface area contributed by atoms with Crippen molar-refractivity contribution in [1.29, 1.82) is 0 Å². The predicted molar refractivity (Wildman–Crippen MR) is 87.7 cm³/mol. The molecule has 2 aromatic rings. The van der Waals surface area contributed by atoms with Gasteiger partial charge in [0.1, 0.15) is 6.04 Å². The molecule has 0 radical (unpaired) electrons. The van der Waals surface area contributed by atoms with E-state index in [1.54, 1.807) is 30.4 Å². The van der Waals surface area contributed by atoms with Crippen molar-refractivity contribution in [2.45, 2.75) is 32.9 Å². The van der Waals surface area contributed by atoms with Crippen molar-refractivity contribution in [3.63, 3.8) is 0 Å². The van der Waals surface area contributed by atoms with E-state index in [1.807, 2.05) is 39.0 Å². The number of ether oxygens (including phenoxy) is 2. The van der Waals surface area contributed by atoms with Gasteiger partial charge < -0.3 is 19.4 Å². The van der Waals surface area contributed by atoms with Crippen LogP contribution >= 0.6 is 0 Å². The number of nitrogens with one attached hydrogen (secondary N) is 1. The van der Waals surface area contributed by atoms with Gasteiger partial charge in [-0.05, 0) is 38.5 Å². The lowest BCUT2D eigenvalue weighted by Gasteiger charge is -2.20. The summed E-state index contributed by atoms with van der Waals surface area (Å²) in [6, 6.07) is 5.22. The first kappa shape index (κ1) is 16.9. The van der Waals surface area contributed by atoms with Crippen LogP contribution in [0.25, 0.3) is 0 Å². The second-order valence-corrected chi connectivity index (χ2v) is 5.26. The summed E-state index contributed by atoms with van der Waals surface area (Å²) in [4.78, 5) is 16.3. The lowest BCUT2D eigenvalue weighted by molar-refractivity contribution is -0.124. The molecule has 0 fully saturated rings. The minimum atomic E-state index is -0.315. The lowest BCUT2D eigenvalue weighted by Crippen LogP contribution is -2.32. The maximum Gasteiger partial charge on any atom is 0.243 e. The van der Waals surface area contributed by atoms with Crippen LogP contribution in [0.4, 0.5) is 0 Å². The van der Waals surface area contributed by atoms with Crippen molar-refractivity contribution >= 4 is 5.91 Å². The summed E-state index contributed by atoms with van der Waals surface area (Å²) in [7, 11) is 1.60. The summed E-state index contributed by atoms with van der Waals surface area (Å²) in [6.45, 7) is 6.27. The van der Waals surface area contributed by atoms with E-state index in [0.29, 0.717) is 18.1 Å². The van der Waals surface area contributed by atoms with Crippen molar-refractivity contribution in [3.8, 4) is 11.5 Å². The summed E-state index contributed by atoms with van der Waals surface area (Å²) >= 11 is 0. The number of rotatable bonds is 7. The molecule has 0 saturated carbocycles. The molecule has 124 valence electrons. The van der Waals surface area contributed by atoms with E-state index in [2.05, 4.69) is 10.3 Å². The molecule has 1 aromatic carbocycles. The quantitative estimate of drug-likeness (QED) is 0.853. The highest BCUT2D eigenvalue weighted by molar-refractivity contribution is 5.80. The van der Waals surface area contributed by atoms with Gasteiger partial charge in [0.2, 0.25) is 5.91 Å². The minimum Gasteiger partial charge on any atom is -0.493 e. The number of carbonyl (C=O) groups excluding carboxylic acids is 1. The molecule has 1 heterocycles. The highest BCUT2D eigenvalue weighted by Crippen LogP contribution is 2.30. The van der Waals surface area contributed by atoms with E-state index in [0.717, 1.165) is 5.56 Å². The predicted octanol–water partition coefficient (Wildman–Crippen LogP) is 2.73. The van der Waals surface area contributed by atoms with E-state index >= 15 is 0 Å². The maximum atomic E-state index is 12.3. The number of hydrogen-bond acceptors (Lipinski definition) is 4. The Morgan fingerprint density at radius 1 is 1.35 bits per heavy atom. The van der Waals surface area contributed by atoms with Gasteiger partial charge in [0.05, 0.1) is 26.1 Å². The van der Waals surface area contributed by atoms with Crippen molar-refractivity contribution in [1.82, 2.24) is 14.9 Å². The molecular weight excluding hydrogens is 294 g/mol. The summed E-state index contributed by atoms with van der Waals surface area (Å²) in [5, 5.41) is 3.00. The van der Waals surface area contributed by atoms with E-state index in [1.165, 1.54) is 0 Å². The molecule has 6 nitrogen and oxygen atoms in total. The number of carbonyl (C=O) groups is 1. The zero-order valence-electron chi connectivity index (χ0n) is 13.9. The molecule has 0 saturated heterocycles. The van der Waals surface area contributed by atoms with Gasteiger partial charge in [0.25, 0.3) is 0 Å². The summed E-state index contributed by atoms with van der Waals surface area (Å²) < 4.78 is 12.6. The zero-order chi connectivity index (χ0) is 16.8. The van der Waals surface area contributed by atoms with Gasteiger partial charge in [-0.2, -0.15) is 0 Å². The third-order valence-corrected chi connectivity index (χ3v) is 3.70. The molecule has 0 aliphatic carbocycles. The minimum absolute atomic E-state index is 0.0663. The second-order valence-electron chi connectivity index (χ2n) is 5.26. The smallest absolute Gasteiger partial charge is 0.243 e. The van der Waals surface area contributed by atoms with Gasteiger partial charge in [-0.15, -0.1) is 0 Å². The SMILES string of the molecule is CCOc1ccc([C@@H](C)NC(=O)[C@H](C)n2ccnc2)cc1OC. The van der Waals surface area contributed by atoms with Gasteiger partial charge >= 0.3 is 0 Å². The molecule has 2 rings (SSSR count). The van der Waals surface area contributed by atoms with Gasteiger partial charge in [0, 0.05) is 12.4 Å². The average molecular weight is 317 g/mol. The van der Waals surface area contributed by atoms with Gasteiger partial charge in [-0.25, -0.2) is 4.98 Å². The normalized spacial score (nSPS) is 13.2. The molecule has 0 bridgehead atoms. The fourth-order valence-corrected chi connectivity index (χ4v) is 2.28. The van der Waals surface area contributed by atoms with Gasteiger partial charge in [-0.3, -0.25) is 4.79 Å². The number of nitrogens with zero attached hydrogens (tertiary/aromatic N) is 2. The third-order valence-electron chi connectivity index (χ3n) is 3.70. The first-order chi connectivity index (χ1) is 11.1. The Morgan fingerprint density at radius 2 is 2.13 bits per heavy atom. The third kappa shape index (κ3) is 4.03. The Morgan fingerprint density at radius 3 is 2.74 bits per heavy atom. The number of aromatic nitrogens is 2. The molecular formula is C17H23N3O3. The number of benzene rings is 1. The van der Waals surface area contributed by atoms with Crippen LogP contribution in [0.2, 0.25) is 0 Å². The number of imidazole rings is 1. The molecule has 0 aliphatic heterocycles. The van der Waals surface area contributed by atoms with Crippen LogP contribution in [0.5, 0.6) is 11.5 Å². The van der Waals surface area contributed by atoms with Crippen LogP contribution in [0.1, 0.15) is 38.4 Å². The number of methoxy groups -OCH3 is 1.